The molecule has 0 aliphatic carbocycles. The second-order valence-electron chi connectivity index (χ2n) is 26.2. The standard InChI is InChI=1S/C66H103N17O17S/c1-9-34(5)53(83-58(93)42(21-22-50(86)87)74-59(94)43(25-33(3)4)76-63(98)48-31-101-66(81-48)52(69)36(7)37(8)84)64(99)75-40-19-14-15-24-71-55(90)46(28-49(68)85)78-62(97)47(29-51(88)89)79-61(96)45(27-39-30-70-32-72-39)77-60(95)44(26-38-17-12-11-13-18-38)80-65(100)54(35(6)10-2)82-57(92)41(20-16-23-67)73-56(40)91/h11-13,17-18,30,32-37,40-48,52-54,84H,9-10,14-16,19-29,31,67,69H2,1-8H3,(H2,68,85)(H,70,72)(H,71,90)(H,73,91)(H,74,94)(H,75,99)(H,76,98)(H,77,95)(H,78,97)(H,79,96)(H,80,100)(H,82,92)(H,83,93)(H,86,87)(H,88,89)/t34-,35-,36-,37?,40-,41+,42+,43-,44+,45-,46-,47+,48-,52-,53-,54-/m0/s1. The van der Waals surface area contributed by atoms with Gasteiger partial charge in [0, 0.05) is 49.4 Å². The molecule has 0 spiro atoms. The lowest BCUT2D eigenvalue weighted by atomic mass is 9.96. The third kappa shape index (κ3) is 28.1. The molecule has 1 aromatic heterocycles. The minimum atomic E-state index is -1.95. The molecule has 21 N–H and O–H groups in total. The van der Waals surface area contributed by atoms with Gasteiger partial charge in [-0.25, -0.2) is 4.98 Å². The first-order valence-corrected chi connectivity index (χ1v) is 35.1. The van der Waals surface area contributed by atoms with Crippen LogP contribution < -0.4 is 75.7 Å². The number of aromatic amines is 1. The zero-order valence-corrected chi connectivity index (χ0v) is 59.3. The zero-order chi connectivity index (χ0) is 75.2. The predicted octanol–water partition coefficient (Wildman–Crippen LogP) is -2.71. The number of rotatable bonds is 31. The van der Waals surface area contributed by atoms with Gasteiger partial charge in [-0.15, -0.1) is 11.8 Å². The molecule has 0 bridgehead atoms. The molecule has 16 atom stereocenters. The molecule has 1 saturated heterocycles. The zero-order valence-electron chi connectivity index (χ0n) is 58.5. The number of carbonyl (C=O) groups excluding carboxylic acids is 12. The van der Waals surface area contributed by atoms with Gasteiger partial charge >= 0.3 is 11.9 Å². The Morgan fingerprint density at radius 2 is 1.29 bits per heavy atom. The third-order valence-electron chi connectivity index (χ3n) is 17.6. The van der Waals surface area contributed by atoms with Crippen LogP contribution >= 0.6 is 11.8 Å². The van der Waals surface area contributed by atoms with E-state index in [-0.39, 0.29) is 94.7 Å². The summed E-state index contributed by atoms with van der Waals surface area (Å²) in [5.74, 6) is -16.2. The Hall–Kier alpha value is -9.09. The van der Waals surface area contributed by atoms with Gasteiger partial charge in [0.05, 0.1) is 36.4 Å². The fourth-order valence-electron chi connectivity index (χ4n) is 10.9. The first-order valence-electron chi connectivity index (χ1n) is 34.2. The highest BCUT2D eigenvalue weighted by Crippen LogP contribution is 2.25. The molecule has 3 heterocycles. The molecule has 1 aromatic carbocycles. The van der Waals surface area contributed by atoms with E-state index in [1.807, 2.05) is 0 Å². The lowest BCUT2D eigenvalue weighted by molar-refractivity contribution is -0.142. The summed E-state index contributed by atoms with van der Waals surface area (Å²) < 4.78 is 0. The van der Waals surface area contributed by atoms with Crippen molar-refractivity contribution < 1.29 is 82.4 Å². The van der Waals surface area contributed by atoms with Crippen molar-refractivity contribution in [2.24, 2.45) is 45.9 Å². The number of thioether (sulfide) groups is 1. The first-order chi connectivity index (χ1) is 47.8. The van der Waals surface area contributed by atoms with Crippen molar-refractivity contribution in [1.82, 2.24) is 68.5 Å². The van der Waals surface area contributed by atoms with Gasteiger partial charge in [0.1, 0.15) is 66.5 Å². The van der Waals surface area contributed by atoms with Crippen LogP contribution in [0, 0.1) is 23.7 Å². The van der Waals surface area contributed by atoms with E-state index in [4.69, 9.17) is 17.2 Å². The number of carbonyl (C=O) groups is 14. The Morgan fingerprint density at radius 1 is 0.683 bits per heavy atom. The third-order valence-corrected chi connectivity index (χ3v) is 18.7. The van der Waals surface area contributed by atoms with Crippen LogP contribution in [0.5, 0.6) is 0 Å². The number of aliphatic hydroxyl groups excluding tert-OH is 1. The highest BCUT2D eigenvalue weighted by atomic mass is 32.2. The van der Waals surface area contributed by atoms with Gasteiger partial charge in [-0.3, -0.25) is 72.1 Å². The number of hydrogen-bond acceptors (Lipinski definition) is 20. The van der Waals surface area contributed by atoms with Gasteiger partial charge in [0.2, 0.25) is 70.9 Å². The van der Waals surface area contributed by atoms with E-state index in [9.17, 15) is 82.4 Å². The van der Waals surface area contributed by atoms with Gasteiger partial charge in [-0.05, 0) is 81.7 Å². The second kappa shape index (κ2) is 42.2. The number of imidazole rings is 1. The van der Waals surface area contributed by atoms with Crippen LogP contribution in [0.2, 0.25) is 0 Å². The monoisotopic (exact) mass is 1440 g/mol. The van der Waals surface area contributed by atoms with Crippen molar-refractivity contribution in [2.75, 3.05) is 18.8 Å². The van der Waals surface area contributed by atoms with Crippen LogP contribution in [0.15, 0.2) is 47.8 Å². The van der Waals surface area contributed by atoms with Gasteiger partial charge in [-0.2, -0.15) is 0 Å². The molecule has 1 unspecified atom stereocenters. The average molecular weight is 1440 g/mol. The summed E-state index contributed by atoms with van der Waals surface area (Å²) >= 11 is 1.24. The highest BCUT2D eigenvalue weighted by Gasteiger charge is 2.40. The molecule has 2 aromatic rings. The Balaban J connectivity index is 1.77. The molecule has 0 radical (unpaired) electrons. The molecule has 101 heavy (non-hydrogen) atoms. The van der Waals surface area contributed by atoms with Crippen LogP contribution in [-0.2, 0) is 80.0 Å². The maximum atomic E-state index is 14.9. The van der Waals surface area contributed by atoms with Crippen LogP contribution in [0.25, 0.3) is 0 Å². The number of benzene rings is 1. The summed E-state index contributed by atoms with van der Waals surface area (Å²) in [5, 5.41) is 58.9. The lowest BCUT2D eigenvalue weighted by Crippen LogP contribution is -2.62. The summed E-state index contributed by atoms with van der Waals surface area (Å²) in [5.41, 5.74) is 18.6. The van der Waals surface area contributed by atoms with Crippen molar-refractivity contribution in [3.8, 4) is 0 Å². The number of aliphatic imine (C=N–C) groups is 1. The number of nitrogens with two attached hydrogens (primary N) is 3. The summed E-state index contributed by atoms with van der Waals surface area (Å²) in [4.78, 5) is 207. The number of carboxylic acid groups (broad SMARTS) is 2. The average Bonchev–Trinajstić information content (AvgIpc) is 1.84. The van der Waals surface area contributed by atoms with E-state index in [1.165, 1.54) is 24.3 Å². The largest absolute Gasteiger partial charge is 0.481 e. The number of amides is 12. The normalized spacial score (nSPS) is 23.4. The summed E-state index contributed by atoms with van der Waals surface area (Å²) in [6.45, 7) is 13.4. The SMILES string of the molecule is CC[C@H](C)[C@H](NC(=O)[C@@H](CCC(=O)O)NC(=O)[C@H](CC(C)C)NC(=O)[C@@H]1CSC([C@@H](N)[C@@H](C)C(C)O)=N1)C(=O)N[C@H]1CCCCNC(=O)[C@H](CC(N)=O)NC(=O)[C@@H](CC(=O)O)NC(=O)[C@H](Cc2cnc[nH]2)NC(=O)[C@@H](Cc2ccccc2)NC(=O)[C@H]([C@@H](C)CC)NC(=O)[C@@H](CCCN)NC1=O. The number of nitrogens with one attached hydrogen (secondary N) is 12. The lowest BCUT2D eigenvalue weighted by Gasteiger charge is -2.30. The maximum absolute atomic E-state index is 14.9. The van der Waals surface area contributed by atoms with Crippen molar-refractivity contribution in [1.29, 1.82) is 0 Å². The maximum Gasteiger partial charge on any atom is 0.305 e. The van der Waals surface area contributed by atoms with Crippen LogP contribution in [-0.4, -0.2) is 211 Å². The highest BCUT2D eigenvalue weighted by molar-refractivity contribution is 8.14. The quantitative estimate of drug-likeness (QED) is 0.0365. The second-order valence-corrected chi connectivity index (χ2v) is 27.2. The molecule has 1 fully saturated rings. The Labute approximate surface area is 590 Å². The predicted molar refractivity (Wildman–Crippen MR) is 371 cm³/mol. The van der Waals surface area contributed by atoms with Gasteiger partial charge in [0.15, 0.2) is 0 Å². The number of aliphatic hydroxyl groups is 1. The van der Waals surface area contributed by atoms with E-state index >= 15 is 0 Å². The van der Waals surface area contributed by atoms with E-state index < -0.39 is 205 Å². The molecule has 34 nitrogen and oxygen atoms in total. The van der Waals surface area contributed by atoms with Crippen molar-refractivity contribution in [2.45, 2.75) is 224 Å². The Morgan fingerprint density at radius 3 is 1.87 bits per heavy atom. The molecule has 2 aliphatic rings. The number of aliphatic carboxylic acids is 2. The van der Waals surface area contributed by atoms with Gasteiger partial charge in [0.25, 0.3) is 0 Å². The Kier molecular flexibility index (Phi) is 35.3. The summed E-state index contributed by atoms with van der Waals surface area (Å²) in [7, 11) is 0. The Bertz CT molecular complexity index is 3200. The topological polar surface area (TPSA) is 551 Å². The van der Waals surface area contributed by atoms with Crippen LogP contribution in [0.4, 0.5) is 0 Å². The molecule has 4 rings (SSSR count). The number of H-pyrrole nitrogens is 1. The summed E-state index contributed by atoms with van der Waals surface area (Å²) in [6.07, 6.45) is -1.34. The smallest absolute Gasteiger partial charge is 0.305 e. The summed E-state index contributed by atoms with van der Waals surface area (Å²) in [6, 6.07) is -8.86. The van der Waals surface area contributed by atoms with E-state index in [1.54, 1.807) is 85.7 Å². The molecule has 12 amide bonds. The van der Waals surface area contributed by atoms with E-state index in [0.29, 0.717) is 10.6 Å². The fourth-order valence-corrected chi connectivity index (χ4v) is 12.0. The van der Waals surface area contributed by atoms with Crippen molar-refractivity contribution in [3.63, 3.8) is 0 Å². The van der Waals surface area contributed by atoms with Crippen molar-refractivity contribution in [3.05, 3.63) is 54.1 Å². The van der Waals surface area contributed by atoms with Gasteiger partial charge < -0.3 is 96.0 Å². The van der Waals surface area contributed by atoms with Gasteiger partial charge in [-0.1, -0.05) is 91.6 Å². The molecule has 2 aliphatic heterocycles. The molecule has 560 valence electrons. The minimum absolute atomic E-state index is 0.00862. The van der Waals surface area contributed by atoms with Crippen molar-refractivity contribution >= 4 is 99.6 Å². The number of primary amides is 1. The molecular weight excluding hydrogens is 1330 g/mol. The minimum Gasteiger partial charge on any atom is -0.481 e. The molecule has 0 saturated carbocycles. The number of aromatic nitrogens is 2. The van der Waals surface area contributed by atoms with Crippen LogP contribution in [0.3, 0.4) is 0 Å². The first kappa shape index (κ1) is 84.3. The van der Waals surface area contributed by atoms with Crippen LogP contribution in [0.1, 0.15) is 144 Å². The molecular formula is C66H103N17O17S. The number of hydrogen-bond donors (Lipinski definition) is 18. The number of nitrogens with zero attached hydrogens (tertiary/aromatic N) is 2. The molecule has 35 heteroatoms. The number of carboxylic acids is 2. The van der Waals surface area contributed by atoms with E-state index in [2.05, 4.69) is 73.4 Å². The fraction of sp³-hybridized carbons (Fsp3) is 0.636. The van der Waals surface area contributed by atoms with E-state index in [0.717, 1.165) is 0 Å².